The molecule has 0 saturated heterocycles. The topological polar surface area (TPSA) is 105 Å². The van der Waals surface area contributed by atoms with Crippen LogP contribution in [0.15, 0.2) is 65.6 Å². The Morgan fingerprint density at radius 2 is 1.44 bits per heavy atom. The number of rotatable bonds is 13. The van der Waals surface area contributed by atoms with Crippen LogP contribution in [0, 0.1) is 20.8 Å². The molecule has 0 aliphatic heterocycles. The normalized spacial score (nSPS) is 12.7. The van der Waals surface area contributed by atoms with Crippen LogP contribution in [0.3, 0.4) is 0 Å². The minimum Gasteiger partial charge on any atom is -0.493 e. The summed E-state index contributed by atoms with van der Waals surface area (Å²) in [5, 5.41) is 2.95. The van der Waals surface area contributed by atoms with Crippen LogP contribution in [-0.2, 0) is 26.2 Å². The van der Waals surface area contributed by atoms with Crippen molar-refractivity contribution < 1.29 is 27.5 Å². The second-order valence-electron chi connectivity index (χ2n) is 10.9. The number of anilines is 1. The zero-order valence-electron chi connectivity index (χ0n) is 26.3. The molecule has 2 atom stereocenters. The third-order valence-electron chi connectivity index (χ3n) is 7.36. The van der Waals surface area contributed by atoms with Crippen LogP contribution >= 0.6 is 0 Å². The van der Waals surface area contributed by atoms with Gasteiger partial charge in [-0.3, -0.25) is 13.9 Å². The van der Waals surface area contributed by atoms with Crippen LogP contribution in [0.4, 0.5) is 5.69 Å². The fraction of sp³-hybridized carbons (Fsp3) is 0.394. The average molecular weight is 610 g/mol. The predicted molar refractivity (Wildman–Crippen MR) is 169 cm³/mol. The van der Waals surface area contributed by atoms with Gasteiger partial charge in [0.1, 0.15) is 12.6 Å². The van der Waals surface area contributed by atoms with Crippen molar-refractivity contribution in [1.82, 2.24) is 10.2 Å². The fourth-order valence-electron chi connectivity index (χ4n) is 4.67. The van der Waals surface area contributed by atoms with Crippen molar-refractivity contribution in [2.24, 2.45) is 0 Å². The number of ether oxygens (including phenoxy) is 2. The molecular weight excluding hydrogens is 566 g/mol. The molecule has 0 saturated carbocycles. The van der Waals surface area contributed by atoms with Crippen molar-refractivity contribution in [3.05, 3.63) is 82.9 Å². The van der Waals surface area contributed by atoms with E-state index in [1.807, 2.05) is 65.0 Å². The van der Waals surface area contributed by atoms with Gasteiger partial charge in [0.25, 0.3) is 10.0 Å². The van der Waals surface area contributed by atoms with Crippen LogP contribution in [0.25, 0.3) is 0 Å². The number of nitrogens with one attached hydrogen (secondary N) is 1. The van der Waals surface area contributed by atoms with Crippen molar-refractivity contribution >= 4 is 27.5 Å². The monoisotopic (exact) mass is 609 g/mol. The molecule has 10 heteroatoms. The second-order valence-corrected chi connectivity index (χ2v) is 12.7. The van der Waals surface area contributed by atoms with Gasteiger partial charge in [-0.25, -0.2) is 8.42 Å². The Bertz CT molecular complexity index is 1520. The molecule has 0 unspecified atom stereocenters. The quantitative estimate of drug-likeness (QED) is 0.287. The van der Waals surface area contributed by atoms with Crippen LogP contribution in [0.1, 0.15) is 49.4 Å². The SMILES string of the molecule is CC[C@@H](C)NC(=O)[C@H](C)N(Cc1ccc(C)cc1)C(=O)CN(c1cc(C)cc(C)c1)S(=O)(=O)c1ccc(OC)c(OC)c1. The highest BCUT2D eigenvalue weighted by Crippen LogP contribution is 2.33. The lowest BCUT2D eigenvalue weighted by molar-refractivity contribution is -0.139. The number of amides is 2. The molecule has 0 aliphatic carbocycles. The molecule has 0 heterocycles. The maximum Gasteiger partial charge on any atom is 0.264 e. The molecule has 0 spiro atoms. The number of sulfonamides is 1. The summed E-state index contributed by atoms with van der Waals surface area (Å²) in [6.07, 6.45) is 0.731. The Hall–Kier alpha value is -4.05. The molecule has 3 aromatic rings. The van der Waals surface area contributed by atoms with E-state index < -0.39 is 28.5 Å². The maximum absolute atomic E-state index is 14.2. The number of benzene rings is 3. The third-order valence-corrected chi connectivity index (χ3v) is 9.13. The predicted octanol–water partition coefficient (Wildman–Crippen LogP) is 5.16. The first-order chi connectivity index (χ1) is 20.3. The molecule has 9 nitrogen and oxygen atoms in total. The van der Waals surface area contributed by atoms with E-state index in [1.54, 1.807) is 19.1 Å². The van der Waals surface area contributed by atoms with Gasteiger partial charge in [-0.2, -0.15) is 0 Å². The molecule has 2 amide bonds. The summed E-state index contributed by atoms with van der Waals surface area (Å²) in [5.74, 6) is -0.210. The van der Waals surface area contributed by atoms with Crippen LogP contribution in [0.5, 0.6) is 11.5 Å². The smallest absolute Gasteiger partial charge is 0.264 e. The van der Waals surface area contributed by atoms with Crippen molar-refractivity contribution in [2.45, 2.75) is 71.5 Å². The fourth-order valence-corrected chi connectivity index (χ4v) is 6.08. The molecule has 0 radical (unpaired) electrons. The van der Waals surface area contributed by atoms with Gasteiger partial charge in [0.15, 0.2) is 11.5 Å². The van der Waals surface area contributed by atoms with Gasteiger partial charge >= 0.3 is 0 Å². The lowest BCUT2D eigenvalue weighted by atomic mass is 10.1. The van der Waals surface area contributed by atoms with E-state index in [9.17, 15) is 18.0 Å². The molecule has 43 heavy (non-hydrogen) atoms. The Labute approximate surface area is 255 Å². The summed E-state index contributed by atoms with van der Waals surface area (Å²) >= 11 is 0. The number of carbonyl (C=O) groups excluding carboxylic acids is 2. The first-order valence-electron chi connectivity index (χ1n) is 14.3. The largest absolute Gasteiger partial charge is 0.493 e. The molecular formula is C33H43N3O6S. The maximum atomic E-state index is 14.2. The average Bonchev–Trinajstić information content (AvgIpc) is 2.97. The summed E-state index contributed by atoms with van der Waals surface area (Å²) in [6, 6.07) is 16.4. The number of nitrogens with zero attached hydrogens (tertiary/aromatic N) is 2. The van der Waals surface area contributed by atoms with Gasteiger partial charge in [-0.15, -0.1) is 0 Å². The third kappa shape index (κ3) is 8.28. The molecule has 0 aliphatic rings. The van der Waals surface area contributed by atoms with Crippen LogP contribution < -0.4 is 19.1 Å². The van der Waals surface area contributed by atoms with E-state index in [0.717, 1.165) is 33.0 Å². The van der Waals surface area contributed by atoms with Crippen LogP contribution in [0.2, 0.25) is 0 Å². The molecule has 3 aromatic carbocycles. The van der Waals surface area contributed by atoms with Crippen molar-refractivity contribution in [3.8, 4) is 11.5 Å². The summed E-state index contributed by atoms with van der Waals surface area (Å²) in [6.45, 7) is 10.8. The molecule has 0 bridgehead atoms. The lowest BCUT2D eigenvalue weighted by Crippen LogP contribution is -2.52. The number of hydrogen-bond donors (Lipinski definition) is 1. The standard InChI is InChI=1S/C33H43N3O6S/c1-9-25(5)34-33(38)26(6)35(20-27-12-10-22(2)11-13-27)32(37)21-36(28-17-23(3)16-24(4)18-28)43(39,40)29-14-15-30(41-7)31(19-29)42-8/h10-19,25-26H,9,20-21H2,1-8H3,(H,34,38)/t25-,26+/m1/s1. The Balaban J connectivity index is 2.10. The number of hydrogen-bond acceptors (Lipinski definition) is 6. The van der Waals surface area contributed by atoms with Gasteiger partial charge in [0.05, 0.1) is 24.8 Å². The zero-order chi connectivity index (χ0) is 31.9. The van der Waals surface area contributed by atoms with E-state index in [4.69, 9.17) is 9.47 Å². The van der Waals surface area contributed by atoms with Gasteiger partial charge < -0.3 is 19.7 Å². The highest BCUT2D eigenvalue weighted by atomic mass is 32.2. The molecule has 1 N–H and O–H groups in total. The highest BCUT2D eigenvalue weighted by Gasteiger charge is 2.33. The van der Waals surface area contributed by atoms with E-state index in [0.29, 0.717) is 11.4 Å². The number of aryl methyl sites for hydroxylation is 3. The summed E-state index contributed by atoms with van der Waals surface area (Å²) in [7, 11) is -1.38. The van der Waals surface area contributed by atoms with E-state index >= 15 is 0 Å². The van der Waals surface area contributed by atoms with E-state index in [-0.39, 0.29) is 29.1 Å². The lowest BCUT2D eigenvalue weighted by Gasteiger charge is -2.32. The van der Waals surface area contributed by atoms with Crippen molar-refractivity contribution in [3.63, 3.8) is 0 Å². The van der Waals surface area contributed by atoms with Gasteiger partial charge in [0.2, 0.25) is 11.8 Å². The molecule has 3 rings (SSSR count). The molecule has 232 valence electrons. The van der Waals surface area contributed by atoms with E-state index in [2.05, 4.69) is 5.32 Å². The van der Waals surface area contributed by atoms with Crippen molar-refractivity contribution in [1.29, 1.82) is 0 Å². The number of methoxy groups -OCH3 is 2. The van der Waals surface area contributed by atoms with Gasteiger partial charge in [-0.1, -0.05) is 42.8 Å². The Kier molecular flexibility index (Phi) is 11.2. The molecule has 0 aromatic heterocycles. The zero-order valence-corrected chi connectivity index (χ0v) is 27.1. The first kappa shape index (κ1) is 33.5. The minimum atomic E-state index is -4.27. The van der Waals surface area contributed by atoms with Crippen molar-refractivity contribution in [2.75, 3.05) is 25.1 Å². The Morgan fingerprint density at radius 1 is 0.837 bits per heavy atom. The van der Waals surface area contributed by atoms with Gasteiger partial charge in [-0.05, 0) is 82.0 Å². The van der Waals surface area contributed by atoms with Crippen LogP contribution in [-0.4, -0.2) is 58.0 Å². The number of carbonyl (C=O) groups is 2. The van der Waals surface area contributed by atoms with Gasteiger partial charge in [0, 0.05) is 18.7 Å². The minimum absolute atomic E-state index is 0.0650. The molecule has 0 fully saturated rings. The second kappa shape index (κ2) is 14.4. The summed E-state index contributed by atoms with van der Waals surface area (Å²) in [5.41, 5.74) is 3.90. The summed E-state index contributed by atoms with van der Waals surface area (Å²) < 4.78 is 40.2. The summed E-state index contributed by atoms with van der Waals surface area (Å²) in [4.78, 5) is 28.8. The van der Waals surface area contributed by atoms with E-state index in [1.165, 1.54) is 37.3 Å². The first-order valence-corrected chi connectivity index (χ1v) is 15.7. The highest BCUT2D eigenvalue weighted by molar-refractivity contribution is 7.92. The Morgan fingerprint density at radius 3 is 2.00 bits per heavy atom.